The van der Waals surface area contributed by atoms with Crippen LogP contribution < -0.4 is 10.6 Å². The number of hydrogen-bond acceptors (Lipinski definition) is 3. The summed E-state index contributed by atoms with van der Waals surface area (Å²) in [6, 6.07) is 3.05. The van der Waals surface area contributed by atoms with Crippen LogP contribution >= 0.6 is 0 Å². The monoisotopic (exact) mass is 301 g/mol. The molecule has 0 spiro atoms. The van der Waals surface area contributed by atoms with Gasteiger partial charge in [0.1, 0.15) is 5.84 Å². The molecule has 0 amide bonds. The number of hydrogen-bond donors (Lipinski definition) is 3. The van der Waals surface area contributed by atoms with E-state index < -0.39 is 17.6 Å². The Bertz CT molecular complexity index is 545. The van der Waals surface area contributed by atoms with E-state index in [0.717, 1.165) is 18.6 Å². The number of nitrogens with zero attached hydrogens (tertiary/aromatic N) is 1. The number of aliphatic hydroxyl groups is 1. The van der Waals surface area contributed by atoms with Crippen molar-refractivity contribution in [3.63, 3.8) is 0 Å². The highest BCUT2D eigenvalue weighted by atomic mass is 19.4. The smallest absolute Gasteiger partial charge is 0.394 e. The van der Waals surface area contributed by atoms with Gasteiger partial charge in [0.15, 0.2) is 0 Å². The second kappa shape index (κ2) is 5.55. The third-order valence-corrected chi connectivity index (χ3v) is 3.99. The predicted octanol–water partition coefficient (Wildman–Crippen LogP) is 2.20. The van der Waals surface area contributed by atoms with Crippen molar-refractivity contribution in [2.75, 3.05) is 18.1 Å². The van der Waals surface area contributed by atoms with E-state index >= 15 is 0 Å². The summed E-state index contributed by atoms with van der Waals surface area (Å²) >= 11 is 0. The van der Waals surface area contributed by atoms with Crippen molar-refractivity contribution in [3.8, 4) is 0 Å². The maximum Gasteiger partial charge on any atom is 0.416 e. The number of anilines is 1. The molecule has 2 atom stereocenters. The van der Waals surface area contributed by atoms with Crippen LogP contribution in [-0.4, -0.2) is 30.1 Å². The lowest BCUT2D eigenvalue weighted by atomic mass is 10.0. The van der Waals surface area contributed by atoms with Crippen molar-refractivity contribution in [3.05, 3.63) is 29.3 Å². The first-order valence-electron chi connectivity index (χ1n) is 6.69. The van der Waals surface area contributed by atoms with Crippen LogP contribution in [0.3, 0.4) is 0 Å². The fraction of sp³-hybridized carbons (Fsp3) is 0.500. The quantitative estimate of drug-likeness (QED) is 0.592. The molecule has 0 bridgehead atoms. The minimum Gasteiger partial charge on any atom is -0.394 e. The molecule has 0 aromatic heterocycles. The molecule has 4 nitrogen and oxygen atoms in total. The maximum absolute atomic E-state index is 12.8. The summed E-state index contributed by atoms with van der Waals surface area (Å²) in [6.45, 7) is 2.52. The highest BCUT2D eigenvalue weighted by molar-refractivity contribution is 6.00. The Balaban J connectivity index is 2.47. The second-order valence-corrected chi connectivity index (χ2v) is 5.35. The van der Waals surface area contributed by atoms with E-state index in [4.69, 9.17) is 11.1 Å². The van der Waals surface area contributed by atoms with Gasteiger partial charge in [-0.2, -0.15) is 13.2 Å². The number of amidine groups is 1. The molecule has 0 radical (unpaired) electrons. The summed E-state index contributed by atoms with van der Waals surface area (Å²) in [4.78, 5) is 1.83. The van der Waals surface area contributed by atoms with Crippen molar-refractivity contribution in [2.24, 2.45) is 11.7 Å². The molecule has 2 unspecified atom stereocenters. The second-order valence-electron chi connectivity index (χ2n) is 5.35. The maximum atomic E-state index is 12.8. The summed E-state index contributed by atoms with van der Waals surface area (Å²) < 4.78 is 38.3. The minimum atomic E-state index is -4.47. The lowest BCUT2D eigenvalue weighted by Crippen LogP contribution is -2.36. The molecule has 21 heavy (non-hydrogen) atoms. The molecular formula is C14H18F3N3O. The van der Waals surface area contributed by atoms with Gasteiger partial charge in [0, 0.05) is 17.8 Å². The summed E-state index contributed by atoms with van der Waals surface area (Å²) in [5.41, 5.74) is 5.14. The Hall–Kier alpha value is -1.76. The van der Waals surface area contributed by atoms with E-state index in [-0.39, 0.29) is 24.1 Å². The van der Waals surface area contributed by atoms with Crippen LogP contribution in [-0.2, 0) is 6.18 Å². The fourth-order valence-corrected chi connectivity index (χ4v) is 2.76. The first-order chi connectivity index (χ1) is 9.75. The third kappa shape index (κ3) is 2.97. The van der Waals surface area contributed by atoms with Crippen LogP contribution in [0.4, 0.5) is 18.9 Å². The molecule has 1 heterocycles. The highest BCUT2D eigenvalue weighted by Crippen LogP contribution is 2.36. The molecule has 4 N–H and O–H groups in total. The zero-order valence-electron chi connectivity index (χ0n) is 11.6. The fourth-order valence-electron chi connectivity index (χ4n) is 2.76. The zero-order valence-corrected chi connectivity index (χ0v) is 11.6. The summed E-state index contributed by atoms with van der Waals surface area (Å²) in [5, 5.41) is 17.0. The van der Waals surface area contributed by atoms with E-state index in [0.29, 0.717) is 12.2 Å². The van der Waals surface area contributed by atoms with Crippen molar-refractivity contribution < 1.29 is 18.3 Å². The Kier molecular flexibility index (Phi) is 4.13. The van der Waals surface area contributed by atoms with Gasteiger partial charge in [0.25, 0.3) is 0 Å². The number of rotatable bonds is 3. The van der Waals surface area contributed by atoms with Gasteiger partial charge in [-0.05, 0) is 30.5 Å². The van der Waals surface area contributed by atoms with Crippen LogP contribution in [0, 0.1) is 11.3 Å². The van der Waals surface area contributed by atoms with Crippen LogP contribution in [0.25, 0.3) is 0 Å². The van der Waals surface area contributed by atoms with Crippen LogP contribution in [0.2, 0.25) is 0 Å². The number of nitrogens with two attached hydrogens (primary N) is 1. The molecule has 1 aromatic rings. The Morgan fingerprint density at radius 2 is 2.14 bits per heavy atom. The number of nitrogens with one attached hydrogen (secondary N) is 1. The Morgan fingerprint density at radius 3 is 2.67 bits per heavy atom. The SMILES string of the molecule is CC1CCN(c2ccc(C(F)(F)F)cc2C(=N)N)C1CO. The topological polar surface area (TPSA) is 73.3 Å². The van der Waals surface area contributed by atoms with Gasteiger partial charge in [0.05, 0.1) is 18.2 Å². The van der Waals surface area contributed by atoms with Gasteiger partial charge in [-0.15, -0.1) is 0 Å². The summed E-state index contributed by atoms with van der Waals surface area (Å²) in [7, 11) is 0. The standard InChI is InChI=1S/C14H18F3N3O/c1-8-4-5-20(12(8)7-21)11-3-2-9(14(15,16)17)6-10(11)13(18)19/h2-3,6,8,12,21H,4-5,7H2,1H3,(H3,18,19). The minimum absolute atomic E-state index is 0.0531. The molecular weight excluding hydrogens is 283 g/mol. The van der Waals surface area contributed by atoms with Crippen LogP contribution in [0.15, 0.2) is 18.2 Å². The van der Waals surface area contributed by atoms with Crippen molar-refractivity contribution in [2.45, 2.75) is 25.6 Å². The van der Waals surface area contributed by atoms with Crippen molar-refractivity contribution in [1.29, 1.82) is 5.41 Å². The van der Waals surface area contributed by atoms with E-state index in [1.165, 1.54) is 6.07 Å². The summed E-state index contributed by atoms with van der Waals surface area (Å²) in [6.07, 6.45) is -3.64. The Morgan fingerprint density at radius 1 is 1.48 bits per heavy atom. The number of halogens is 3. The van der Waals surface area contributed by atoms with Gasteiger partial charge >= 0.3 is 6.18 Å². The van der Waals surface area contributed by atoms with E-state index in [2.05, 4.69) is 0 Å². The van der Waals surface area contributed by atoms with Gasteiger partial charge in [-0.25, -0.2) is 0 Å². The number of aliphatic hydroxyl groups excluding tert-OH is 1. The number of alkyl halides is 3. The number of nitrogen functional groups attached to an aromatic ring is 1. The average Bonchev–Trinajstić information content (AvgIpc) is 2.77. The van der Waals surface area contributed by atoms with E-state index in [9.17, 15) is 18.3 Å². The van der Waals surface area contributed by atoms with Gasteiger partial charge in [-0.3, -0.25) is 5.41 Å². The van der Waals surface area contributed by atoms with Crippen LogP contribution in [0.1, 0.15) is 24.5 Å². The molecule has 0 aliphatic carbocycles. The van der Waals surface area contributed by atoms with Crippen molar-refractivity contribution >= 4 is 11.5 Å². The van der Waals surface area contributed by atoms with Crippen molar-refractivity contribution in [1.82, 2.24) is 0 Å². The molecule has 0 saturated carbocycles. The highest BCUT2D eigenvalue weighted by Gasteiger charge is 2.35. The van der Waals surface area contributed by atoms with E-state index in [1.807, 2.05) is 11.8 Å². The molecule has 7 heteroatoms. The summed E-state index contributed by atoms with van der Waals surface area (Å²) in [5.74, 6) is -0.176. The first kappa shape index (κ1) is 15.6. The average molecular weight is 301 g/mol. The molecule has 1 aromatic carbocycles. The molecule has 1 aliphatic heterocycles. The van der Waals surface area contributed by atoms with Crippen LogP contribution in [0.5, 0.6) is 0 Å². The lowest BCUT2D eigenvalue weighted by molar-refractivity contribution is -0.137. The third-order valence-electron chi connectivity index (χ3n) is 3.99. The van der Waals surface area contributed by atoms with Gasteiger partial charge < -0.3 is 15.7 Å². The molecule has 2 rings (SSSR count). The molecule has 1 saturated heterocycles. The van der Waals surface area contributed by atoms with E-state index in [1.54, 1.807) is 0 Å². The molecule has 1 aliphatic rings. The number of benzene rings is 1. The largest absolute Gasteiger partial charge is 0.416 e. The normalized spacial score (nSPS) is 22.6. The Labute approximate surface area is 120 Å². The predicted molar refractivity (Wildman–Crippen MR) is 74.5 cm³/mol. The van der Waals surface area contributed by atoms with Gasteiger partial charge in [-0.1, -0.05) is 6.92 Å². The zero-order chi connectivity index (χ0) is 15.8. The molecule has 116 valence electrons. The van der Waals surface area contributed by atoms with Gasteiger partial charge in [0.2, 0.25) is 0 Å². The lowest BCUT2D eigenvalue weighted by Gasteiger charge is -2.29. The molecule has 1 fully saturated rings. The first-order valence-corrected chi connectivity index (χ1v) is 6.69.